The molecule has 1 fully saturated rings. The minimum atomic E-state index is -0.189. The minimum Gasteiger partial charge on any atom is -0.349 e. The fourth-order valence-corrected chi connectivity index (χ4v) is 2.63. The zero-order valence-corrected chi connectivity index (χ0v) is 11.1. The Balaban J connectivity index is 1.69. The summed E-state index contributed by atoms with van der Waals surface area (Å²) < 4.78 is 0.297. The van der Waals surface area contributed by atoms with Crippen molar-refractivity contribution >= 4 is 28.8 Å². The third kappa shape index (κ3) is 3.90. The van der Waals surface area contributed by atoms with E-state index in [1.165, 1.54) is 19.3 Å². The highest BCUT2D eigenvalue weighted by Crippen LogP contribution is 2.14. The molecule has 1 aliphatic rings. The van der Waals surface area contributed by atoms with Gasteiger partial charge in [0.1, 0.15) is 0 Å². The normalized spacial score (nSPS) is 17.0. The molecule has 1 saturated heterocycles. The lowest BCUT2D eigenvalue weighted by atomic mass is 10.1. The van der Waals surface area contributed by atoms with Gasteiger partial charge in [-0.15, -0.1) is 10.2 Å². The summed E-state index contributed by atoms with van der Waals surface area (Å²) in [6.07, 6.45) is 3.85. The molecule has 0 atom stereocenters. The number of aromatic nitrogens is 2. The van der Waals surface area contributed by atoms with Crippen molar-refractivity contribution in [2.75, 3.05) is 26.2 Å². The summed E-state index contributed by atoms with van der Waals surface area (Å²) in [4.78, 5) is 14.0. The highest BCUT2D eigenvalue weighted by atomic mass is 35.5. The Morgan fingerprint density at radius 2 is 2.12 bits per heavy atom. The molecule has 7 heteroatoms. The number of nitrogens with zero attached hydrogens (tertiary/aromatic N) is 3. The van der Waals surface area contributed by atoms with Crippen LogP contribution in [0.15, 0.2) is 0 Å². The van der Waals surface area contributed by atoms with Crippen LogP contribution in [-0.2, 0) is 0 Å². The van der Waals surface area contributed by atoms with Crippen LogP contribution >= 0.6 is 22.9 Å². The second-order valence-electron chi connectivity index (χ2n) is 4.02. The lowest BCUT2D eigenvalue weighted by Crippen LogP contribution is -2.37. The maximum atomic E-state index is 11.6. The van der Waals surface area contributed by atoms with Crippen LogP contribution in [0.4, 0.5) is 0 Å². The molecule has 0 bridgehead atoms. The maximum absolute atomic E-state index is 11.6. The van der Waals surface area contributed by atoms with Crippen molar-refractivity contribution in [2.45, 2.75) is 19.3 Å². The van der Waals surface area contributed by atoms with Crippen LogP contribution in [0.5, 0.6) is 0 Å². The number of hydrogen-bond donors (Lipinski definition) is 1. The van der Waals surface area contributed by atoms with Crippen LogP contribution in [0.2, 0.25) is 4.47 Å². The Morgan fingerprint density at radius 3 is 2.76 bits per heavy atom. The molecule has 1 aromatic rings. The quantitative estimate of drug-likeness (QED) is 0.902. The van der Waals surface area contributed by atoms with Crippen LogP contribution in [0.3, 0.4) is 0 Å². The fourth-order valence-electron chi connectivity index (χ4n) is 1.88. The number of nitrogens with one attached hydrogen (secondary N) is 1. The predicted molar refractivity (Wildman–Crippen MR) is 67.5 cm³/mol. The molecular formula is C10H15ClN4OS. The van der Waals surface area contributed by atoms with Crippen molar-refractivity contribution in [1.82, 2.24) is 20.4 Å². The van der Waals surface area contributed by atoms with Gasteiger partial charge in [0.2, 0.25) is 9.47 Å². The highest BCUT2D eigenvalue weighted by molar-refractivity contribution is 7.17. The Labute approximate surface area is 109 Å². The van der Waals surface area contributed by atoms with Crippen LogP contribution in [0, 0.1) is 0 Å². The van der Waals surface area contributed by atoms with Gasteiger partial charge in [-0.2, -0.15) is 0 Å². The first kappa shape index (κ1) is 12.7. The molecule has 0 unspecified atom stereocenters. The van der Waals surface area contributed by atoms with Crippen molar-refractivity contribution in [3.8, 4) is 0 Å². The van der Waals surface area contributed by atoms with Gasteiger partial charge in [0.05, 0.1) is 0 Å². The van der Waals surface area contributed by atoms with Gasteiger partial charge in [0.25, 0.3) is 5.91 Å². The second kappa shape index (κ2) is 6.28. The predicted octanol–water partition coefficient (Wildman–Crippen LogP) is 1.41. The van der Waals surface area contributed by atoms with Gasteiger partial charge in [0, 0.05) is 13.1 Å². The standard InChI is InChI=1S/C10H15ClN4OS/c11-10-14-13-9(17-10)8(16)12-4-7-15-5-2-1-3-6-15/h1-7H2,(H,12,16). The first-order valence-electron chi connectivity index (χ1n) is 5.75. The number of carbonyl (C=O) groups is 1. The average Bonchev–Trinajstić information content (AvgIpc) is 2.77. The van der Waals surface area contributed by atoms with E-state index in [1.807, 2.05) is 0 Å². The third-order valence-corrected chi connectivity index (χ3v) is 3.77. The molecule has 2 heterocycles. The molecule has 0 spiro atoms. The van der Waals surface area contributed by atoms with Crippen LogP contribution in [-0.4, -0.2) is 47.2 Å². The molecule has 1 aliphatic heterocycles. The summed E-state index contributed by atoms with van der Waals surface area (Å²) in [5, 5.41) is 10.4. The van der Waals surface area contributed by atoms with Gasteiger partial charge in [-0.1, -0.05) is 17.8 Å². The van der Waals surface area contributed by atoms with E-state index in [0.29, 0.717) is 16.0 Å². The Kier molecular flexibility index (Phi) is 4.70. The first-order chi connectivity index (χ1) is 8.25. The van der Waals surface area contributed by atoms with Gasteiger partial charge in [-0.3, -0.25) is 4.79 Å². The van der Waals surface area contributed by atoms with E-state index in [0.717, 1.165) is 31.0 Å². The van der Waals surface area contributed by atoms with E-state index in [4.69, 9.17) is 11.6 Å². The number of halogens is 1. The fraction of sp³-hybridized carbons (Fsp3) is 0.700. The number of rotatable bonds is 4. The van der Waals surface area contributed by atoms with E-state index < -0.39 is 0 Å². The zero-order valence-electron chi connectivity index (χ0n) is 9.49. The number of hydrogen-bond acceptors (Lipinski definition) is 5. The molecule has 17 heavy (non-hydrogen) atoms. The molecule has 0 saturated carbocycles. The topological polar surface area (TPSA) is 58.1 Å². The lowest BCUT2D eigenvalue weighted by molar-refractivity contribution is 0.0945. The lowest BCUT2D eigenvalue weighted by Gasteiger charge is -2.26. The summed E-state index contributed by atoms with van der Waals surface area (Å²) in [5.41, 5.74) is 0. The van der Waals surface area contributed by atoms with Crippen molar-refractivity contribution in [1.29, 1.82) is 0 Å². The number of amides is 1. The van der Waals surface area contributed by atoms with E-state index >= 15 is 0 Å². The molecule has 1 aromatic heterocycles. The average molecular weight is 275 g/mol. The second-order valence-corrected chi connectivity index (χ2v) is 5.58. The Hall–Kier alpha value is -0.720. The monoisotopic (exact) mass is 274 g/mol. The largest absolute Gasteiger partial charge is 0.349 e. The summed E-state index contributed by atoms with van der Waals surface area (Å²) in [6.45, 7) is 3.83. The van der Waals surface area contributed by atoms with Gasteiger partial charge >= 0.3 is 0 Å². The Morgan fingerprint density at radius 1 is 1.35 bits per heavy atom. The van der Waals surface area contributed by atoms with Gasteiger partial charge in [-0.25, -0.2) is 0 Å². The molecular weight excluding hydrogens is 260 g/mol. The smallest absolute Gasteiger partial charge is 0.282 e. The molecule has 0 aromatic carbocycles. The molecule has 1 N–H and O–H groups in total. The van der Waals surface area contributed by atoms with Gasteiger partial charge in [-0.05, 0) is 37.5 Å². The van der Waals surface area contributed by atoms with Crippen molar-refractivity contribution < 1.29 is 4.79 Å². The van der Waals surface area contributed by atoms with E-state index in [9.17, 15) is 4.79 Å². The molecule has 1 amide bonds. The number of piperidine rings is 1. The number of likely N-dealkylation sites (tertiary alicyclic amines) is 1. The molecule has 5 nitrogen and oxygen atoms in total. The first-order valence-corrected chi connectivity index (χ1v) is 6.95. The summed E-state index contributed by atoms with van der Waals surface area (Å²) in [5.74, 6) is -0.189. The third-order valence-electron chi connectivity index (χ3n) is 2.76. The van der Waals surface area contributed by atoms with Crippen molar-refractivity contribution in [3.05, 3.63) is 9.47 Å². The zero-order chi connectivity index (χ0) is 12.1. The van der Waals surface area contributed by atoms with Crippen LogP contribution < -0.4 is 5.32 Å². The maximum Gasteiger partial charge on any atom is 0.282 e. The molecule has 0 radical (unpaired) electrons. The van der Waals surface area contributed by atoms with E-state index in [1.54, 1.807) is 0 Å². The summed E-state index contributed by atoms with van der Waals surface area (Å²) in [7, 11) is 0. The Bertz CT molecular complexity index is 378. The summed E-state index contributed by atoms with van der Waals surface area (Å²) in [6, 6.07) is 0. The minimum absolute atomic E-state index is 0.189. The molecule has 94 valence electrons. The van der Waals surface area contributed by atoms with Crippen LogP contribution in [0.25, 0.3) is 0 Å². The molecule has 0 aliphatic carbocycles. The van der Waals surface area contributed by atoms with Crippen molar-refractivity contribution in [2.24, 2.45) is 0 Å². The van der Waals surface area contributed by atoms with E-state index in [2.05, 4.69) is 20.4 Å². The summed E-state index contributed by atoms with van der Waals surface area (Å²) >= 11 is 6.72. The van der Waals surface area contributed by atoms with Crippen LogP contribution in [0.1, 0.15) is 29.1 Å². The van der Waals surface area contributed by atoms with Gasteiger partial charge < -0.3 is 10.2 Å². The van der Waals surface area contributed by atoms with E-state index in [-0.39, 0.29) is 5.91 Å². The molecule has 2 rings (SSSR count). The van der Waals surface area contributed by atoms with Crippen molar-refractivity contribution in [3.63, 3.8) is 0 Å². The SMILES string of the molecule is O=C(NCCN1CCCCC1)c1nnc(Cl)s1. The van der Waals surface area contributed by atoms with Gasteiger partial charge in [0.15, 0.2) is 0 Å². The number of carbonyl (C=O) groups excluding carboxylic acids is 1. The highest BCUT2D eigenvalue weighted by Gasteiger charge is 2.13.